The van der Waals surface area contributed by atoms with Gasteiger partial charge >= 0.3 is 0 Å². The summed E-state index contributed by atoms with van der Waals surface area (Å²) in [7, 11) is 1.58. The van der Waals surface area contributed by atoms with E-state index in [1.807, 2.05) is 0 Å². The number of Topliss-reactive ketones (excluding diaryl/α,β-unsaturated/α-hetero) is 1. The Balaban J connectivity index is 1.74. The second kappa shape index (κ2) is 9.00. The fraction of sp³-hybridized carbons (Fsp3) is 0.154. The number of phenolic OH excluding ortho intramolecular Hbond substituents is 1. The summed E-state index contributed by atoms with van der Waals surface area (Å²) in [4.78, 5) is 26.3. The van der Waals surface area contributed by atoms with Crippen molar-refractivity contribution in [1.82, 2.24) is 4.57 Å². The summed E-state index contributed by atoms with van der Waals surface area (Å²) in [6.07, 6.45) is -0.0807. The molecule has 3 aromatic carbocycles. The molecule has 0 unspecified atom stereocenters. The van der Waals surface area contributed by atoms with Crippen LogP contribution in [0.3, 0.4) is 0 Å². The zero-order valence-electron chi connectivity index (χ0n) is 18.2. The molecular weight excluding hydrogens is 440 g/mol. The first-order valence-electron chi connectivity index (χ1n) is 10.4. The monoisotopic (exact) mass is 462 g/mol. The maximum Gasteiger partial charge on any atom is 0.265 e. The van der Waals surface area contributed by atoms with E-state index in [0.29, 0.717) is 27.2 Å². The summed E-state index contributed by atoms with van der Waals surface area (Å²) >= 11 is 6.04. The highest BCUT2D eigenvalue weighted by atomic mass is 35.5. The van der Waals surface area contributed by atoms with Crippen LogP contribution in [-0.2, 0) is 7.05 Å². The molecule has 4 aromatic rings. The minimum Gasteiger partial charge on any atom is -0.508 e. The van der Waals surface area contributed by atoms with Crippen LogP contribution in [0, 0.1) is 6.92 Å². The van der Waals surface area contributed by atoms with Gasteiger partial charge in [-0.2, -0.15) is 0 Å². The highest BCUT2D eigenvalue weighted by molar-refractivity contribution is 6.30. The average molecular weight is 463 g/mol. The van der Waals surface area contributed by atoms with E-state index in [1.165, 1.54) is 4.57 Å². The molecule has 33 heavy (non-hydrogen) atoms. The quantitative estimate of drug-likeness (QED) is 0.266. The SMILES string of the molecule is Cc1cc(N[C@H](CC(=O)c2c(O)c3ccccc3n(C)c2=O)c2ccc(Cl)cc2)ccc1O. The number of carbonyl (C=O) groups excluding carboxylic acids is 1. The Morgan fingerprint density at radius 2 is 1.76 bits per heavy atom. The summed E-state index contributed by atoms with van der Waals surface area (Å²) in [5, 5.41) is 24.9. The second-order valence-corrected chi connectivity index (χ2v) is 8.42. The lowest BCUT2D eigenvalue weighted by Crippen LogP contribution is -2.26. The third kappa shape index (κ3) is 4.43. The fourth-order valence-electron chi connectivity index (χ4n) is 3.91. The Labute approximate surface area is 195 Å². The Hall–Kier alpha value is -3.77. The van der Waals surface area contributed by atoms with Gasteiger partial charge in [0.1, 0.15) is 17.1 Å². The maximum atomic E-state index is 13.4. The normalized spacial score (nSPS) is 12.0. The molecule has 0 saturated heterocycles. The third-order valence-electron chi connectivity index (χ3n) is 5.75. The molecule has 1 aromatic heterocycles. The van der Waals surface area contributed by atoms with E-state index in [2.05, 4.69) is 5.32 Å². The first kappa shape index (κ1) is 22.4. The number of para-hydroxylation sites is 1. The number of rotatable bonds is 6. The van der Waals surface area contributed by atoms with Crippen molar-refractivity contribution >= 4 is 34.0 Å². The number of hydrogen-bond donors (Lipinski definition) is 3. The summed E-state index contributed by atoms with van der Waals surface area (Å²) in [6, 6.07) is 18.5. The van der Waals surface area contributed by atoms with Crippen molar-refractivity contribution < 1.29 is 15.0 Å². The number of nitrogens with zero attached hydrogens (tertiary/aromatic N) is 1. The van der Waals surface area contributed by atoms with E-state index in [1.54, 1.807) is 80.7 Å². The van der Waals surface area contributed by atoms with Crippen LogP contribution in [0.2, 0.25) is 5.02 Å². The van der Waals surface area contributed by atoms with Crippen LogP contribution >= 0.6 is 11.6 Å². The molecule has 0 spiro atoms. The van der Waals surface area contributed by atoms with E-state index in [-0.39, 0.29) is 23.5 Å². The zero-order valence-corrected chi connectivity index (χ0v) is 18.9. The lowest BCUT2D eigenvalue weighted by Gasteiger charge is -2.21. The van der Waals surface area contributed by atoms with E-state index in [0.717, 1.165) is 5.56 Å². The summed E-state index contributed by atoms with van der Waals surface area (Å²) in [6.45, 7) is 1.78. The van der Waals surface area contributed by atoms with Crippen LogP contribution in [0.4, 0.5) is 5.69 Å². The molecule has 3 N–H and O–H groups in total. The van der Waals surface area contributed by atoms with Crippen LogP contribution in [0.5, 0.6) is 11.5 Å². The molecule has 1 heterocycles. The Bertz CT molecular complexity index is 1410. The van der Waals surface area contributed by atoms with Gasteiger partial charge in [0.05, 0.1) is 11.6 Å². The van der Waals surface area contributed by atoms with Gasteiger partial charge in [0, 0.05) is 29.6 Å². The number of nitrogens with one attached hydrogen (secondary N) is 1. The summed E-state index contributed by atoms with van der Waals surface area (Å²) < 4.78 is 1.37. The van der Waals surface area contributed by atoms with Crippen molar-refractivity contribution in [3.05, 3.63) is 98.8 Å². The van der Waals surface area contributed by atoms with E-state index < -0.39 is 17.4 Å². The molecule has 7 heteroatoms. The number of phenols is 1. The Morgan fingerprint density at radius 1 is 1.06 bits per heavy atom. The van der Waals surface area contributed by atoms with Crippen LogP contribution in [0.1, 0.15) is 33.9 Å². The number of benzene rings is 3. The van der Waals surface area contributed by atoms with Crippen molar-refractivity contribution in [2.45, 2.75) is 19.4 Å². The van der Waals surface area contributed by atoms with Crippen LogP contribution in [0.25, 0.3) is 10.9 Å². The number of ketones is 1. The third-order valence-corrected chi connectivity index (χ3v) is 6.01. The average Bonchev–Trinajstić information content (AvgIpc) is 2.80. The van der Waals surface area contributed by atoms with Crippen LogP contribution < -0.4 is 10.9 Å². The highest BCUT2D eigenvalue weighted by Crippen LogP contribution is 2.31. The fourth-order valence-corrected chi connectivity index (χ4v) is 4.04. The number of hydrogen-bond acceptors (Lipinski definition) is 5. The molecule has 168 valence electrons. The standard InChI is InChI=1S/C26H23ClN2O4/c1-15-13-18(11-12-22(15)30)28-20(16-7-9-17(27)10-8-16)14-23(31)24-25(32)19-5-3-4-6-21(19)29(2)26(24)33/h3-13,20,28,30,32H,14H2,1-2H3/t20-/m1/s1. The molecule has 6 nitrogen and oxygen atoms in total. The minimum absolute atomic E-state index is 0.0807. The number of halogens is 1. The lowest BCUT2D eigenvalue weighted by molar-refractivity contribution is 0.0972. The van der Waals surface area contributed by atoms with Crippen molar-refractivity contribution in [2.75, 3.05) is 5.32 Å². The predicted molar refractivity (Wildman–Crippen MR) is 130 cm³/mol. The Kier molecular flexibility index (Phi) is 6.11. The molecule has 0 aliphatic rings. The van der Waals surface area contributed by atoms with E-state index in [9.17, 15) is 19.8 Å². The smallest absolute Gasteiger partial charge is 0.265 e. The molecular formula is C26H23ClN2O4. The zero-order chi connectivity index (χ0) is 23.7. The number of carbonyl (C=O) groups is 1. The molecule has 0 fully saturated rings. The van der Waals surface area contributed by atoms with Gasteiger partial charge in [-0.3, -0.25) is 9.59 Å². The van der Waals surface area contributed by atoms with Crippen LogP contribution in [-0.4, -0.2) is 20.6 Å². The summed E-state index contributed by atoms with van der Waals surface area (Å²) in [5.74, 6) is -0.625. The minimum atomic E-state index is -0.550. The highest BCUT2D eigenvalue weighted by Gasteiger charge is 2.25. The number of aryl methyl sites for hydroxylation is 2. The van der Waals surface area contributed by atoms with Gasteiger partial charge in [0.2, 0.25) is 0 Å². The molecule has 0 bridgehead atoms. The predicted octanol–water partition coefficient (Wildman–Crippen LogP) is 5.34. The number of aromatic hydroxyl groups is 2. The topological polar surface area (TPSA) is 91.6 Å². The summed E-state index contributed by atoms with van der Waals surface area (Å²) in [5.41, 5.74) is 1.93. The molecule has 0 aliphatic carbocycles. The van der Waals surface area contributed by atoms with Crippen molar-refractivity contribution in [3.63, 3.8) is 0 Å². The van der Waals surface area contributed by atoms with E-state index >= 15 is 0 Å². The molecule has 0 radical (unpaired) electrons. The first-order valence-corrected chi connectivity index (χ1v) is 10.8. The van der Waals surface area contributed by atoms with Gasteiger partial charge in [-0.25, -0.2) is 0 Å². The van der Waals surface area contributed by atoms with Gasteiger partial charge in [0.25, 0.3) is 5.56 Å². The van der Waals surface area contributed by atoms with Crippen LogP contribution in [0.15, 0.2) is 71.5 Å². The number of fused-ring (bicyclic) bond motifs is 1. The molecule has 0 aliphatic heterocycles. The number of aromatic nitrogens is 1. The molecule has 0 saturated carbocycles. The van der Waals surface area contributed by atoms with Crippen molar-refractivity contribution in [1.29, 1.82) is 0 Å². The first-order chi connectivity index (χ1) is 15.8. The molecule has 4 rings (SSSR count). The van der Waals surface area contributed by atoms with Gasteiger partial charge in [0.15, 0.2) is 5.78 Å². The van der Waals surface area contributed by atoms with Gasteiger partial charge in [-0.05, 0) is 60.5 Å². The van der Waals surface area contributed by atoms with Crippen molar-refractivity contribution in [2.24, 2.45) is 7.05 Å². The van der Waals surface area contributed by atoms with Gasteiger partial charge in [-0.1, -0.05) is 35.9 Å². The van der Waals surface area contributed by atoms with Gasteiger partial charge < -0.3 is 20.1 Å². The van der Waals surface area contributed by atoms with E-state index in [4.69, 9.17) is 11.6 Å². The van der Waals surface area contributed by atoms with Gasteiger partial charge in [-0.15, -0.1) is 0 Å². The Morgan fingerprint density at radius 3 is 2.45 bits per heavy atom. The molecule has 1 atom stereocenters. The number of pyridine rings is 1. The van der Waals surface area contributed by atoms with Crippen molar-refractivity contribution in [3.8, 4) is 11.5 Å². The second-order valence-electron chi connectivity index (χ2n) is 7.98. The number of anilines is 1. The largest absolute Gasteiger partial charge is 0.508 e. The lowest BCUT2D eigenvalue weighted by atomic mass is 9.96. The maximum absolute atomic E-state index is 13.4. The molecule has 0 amide bonds.